The van der Waals surface area contributed by atoms with Crippen molar-refractivity contribution >= 4 is 11.3 Å². The number of aliphatic hydroxyl groups is 1. The molecule has 4 heteroatoms. The molecular weight excluding hydrogens is 282 g/mol. The molecule has 21 heavy (non-hydrogen) atoms. The summed E-state index contributed by atoms with van der Waals surface area (Å²) in [6, 6.07) is 6.12. The number of thiazole rings is 1. The average Bonchev–Trinajstić information content (AvgIpc) is 2.81. The largest absolute Gasteiger partial charge is 0.486 e. The van der Waals surface area contributed by atoms with Crippen molar-refractivity contribution in [3.63, 3.8) is 0 Å². The second kappa shape index (κ2) is 6.16. The van der Waals surface area contributed by atoms with Gasteiger partial charge in [0.1, 0.15) is 17.4 Å². The predicted octanol–water partition coefficient (Wildman–Crippen LogP) is 4.13. The Balaban J connectivity index is 2.20. The number of nitrogens with zero attached hydrogens (tertiary/aromatic N) is 1. The first kappa shape index (κ1) is 16.0. The molecule has 0 atom stereocenters. The zero-order chi connectivity index (χ0) is 15.6. The zero-order valence-electron chi connectivity index (χ0n) is 13.4. The SMILES string of the molecule is CCc1nc(COc2c(C)cccc2C)sc1C(C)(C)O. The maximum Gasteiger partial charge on any atom is 0.140 e. The molecule has 0 saturated carbocycles. The first-order valence-electron chi connectivity index (χ1n) is 7.23. The Kier molecular flexibility index (Phi) is 4.69. The van der Waals surface area contributed by atoms with Crippen molar-refractivity contribution in [1.29, 1.82) is 0 Å². The molecule has 0 saturated heterocycles. The molecule has 1 N–H and O–H groups in total. The standard InChI is InChI=1S/C17H23NO2S/c1-6-13-16(17(4,5)19)21-14(18-13)10-20-15-11(2)8-7-9-12(15)3/h7-9,19H,6,10H2,1-5H3. The molecule has 1 heterocycles. The van der Waals surface area contributed by atoms with E-state index in [1.807, 2.05) is 32.0 Å². The van der Waals surface area contributed by atoms with Gasteiger partial charge in [0.05, 0.1) is 16.2 Å². The summed E-state index contributed by atoms with van der Waals surface area (Å²) in [6.45, 7) is 10.2. The molecule has 0 aliphatic rings. The van der Waals surface area contributed by atoms with Gasteiger partial charge >= 0.3 is 0 Å². The van der Waals surface area contributed by atoms with E-state index in [1.165, 1.54) is 11.3 Å². The van der Waals surface area contributed by atoms with Crippen LogP contribution in [0.15, 0.2) is 18.2 Å². The van der Waals surface area contributed by atoms with Crippen LogP contribution in [0.3, 0.4) is 0 Å². The molecule has 1 aromatic carbocycles. The Labute approximate surface area is 130 Å². The second-order valence-electron chi connectivity index (χ2n) is 5.81. The topological polar surface area (TPSA) is 42.4 Å². The molecule has 114 valence electrons. The Morgan fingerprint density at radius 2 is 1.86 bits per heavy atom. The van der Waals surface area contributed by atoms with E-state index in [0.717, 1.165) is 38.9 Å². The second-order valence-corrected chi connectivity index (χ2v) is 6.89. The number of rotatable bonds is 5. The molecule has 0 unspecified atom stereocenters. The number of hydrogen-bond acceptors (Lipinski definition) is 4. The van der Waals surface area contributed by atoms with Gasteiger partial charge in [0.2, 0.25) is 0 Å². The first-order valence-corrected chi connectivity index (χ1v) is 8.05. The third-order valence-electron chi connectivity index (χ3n) is 3.38. The average molecular weight is 305 g/mol. The van der Waals surface area contributed by atoms with Crippen LogP contribution < -0.4 is 4.74 Å². The summed E-state index contributed by atoms with van der Waals surface area (Å²) in [5.74, 6) is 0.926. The van der Waals surface area contributed by atoms with Gasteiger partial charge in [0.15, 0.2) is 0 Å². The molecular formula is C17H23NO2S. The third kappa shape index (κ3) is 3.63. The van der Waals surface area contributed by atoms with E-state index in [0.29, 0.717) is 6.61 Å². The first-order chi connectivity index (χ1) is 9.82. The van der Waals surface area contributed by atoms with Crippen molar-refractivity contribution in [2.45, 2.75) is 53.2 Å². The number of hydrogen-bond donors (Lipinski definition) is 1. The lowest BCUT2D eigenvalue weighted by Crippen LogP contribution is -2.15. The molecule has 2 rings (SSSR count). The van der Waals surface area contributed by atoms with Gasteiger partial charge in [0.25, 0.3) is 0 Å². The quantitative estimate of drug-likeness (QED) is 0.903. The third-order valence-corrected chi connectivity index (χ3v) is 4.76. The summed E-state index contributed by atoms with van der Waals surface area (Å²) in [7, 11) is 0. The maximum atomic E-state index is 10.2. The van der Waals surface area contributed by atoms with Crippen LogP contribution >= 0.6 is 11.3 Å². The molecule has 0 bridgehead atoms. The van der Waals surface area contributed by atoms with Crippen LogP contribution in [0.2, 0.25) is 0 Å². The Bertz CT molecular complexity index is 606. The smallest absolute Gasteiger partial charge is 0.140 e. The van der Waals surface area contributed by atoms with Crippen molar-refractivity contribution in [3.8, 4) is 5.75 Å². The van der Waals surface area contributed by atoms with E-state index >= 15 is 0 Å². The highest BCUT2D eigenvalue weighted by Crippen LogP contribution is 2.31. The van der Waals surface area contributed by atoms with Crippen LogP contribution in [0.4, 0.5) is 0 Å². The molecule has 3 nitrogen and oxygen atoms in total. The predicted molar refractivity (Wildman–Crippen MR) is 87.0 cm³/mol. The maximum absolute atomic E-state index is 10.2. The summed E-state index contributed by atoms with van der Waals surface area (Å²) in [5, 5.41) is 11.1. The van der Waals surface area contributed by atoms with E-state index in [9.17, 15) is 5.11 Å². The van der Waals surface area contributed by atoms with Gasteiger partial charge in [0, 0.05) is 0 Å². The van der Waals surface area contributed by atoms with Gasteiger partial charge < -0.3 is 9.84 Å². The molecule has 0 spiro atoms. The highest BCUT2D eigenvalue weighted by Gasteiger charge is 2.24. The minimum absolute atomic E-state index is 0.444. The molecule has 0 aliphatic carbocycles. The minimum Gasteiger partial charge on any atom is -0.486 e. The molecule has 0 fully saturated rings. The van der Waals surface area contributed by atoms with E-state index in [2.05, 4.69) is 11.9 Å². The zero-order valence-corrected chi connectivity index (χ0v) is 14.2. The lowest BCUT2D eigenvalue weighted by Gasteiger charge is -2.15. The monoisotopic (exact) mass is 305 g/mol. The molecule has 0 radical (unpaired) electrons. The normalized spacial score (nSPS) is 11.7. The van der Waals surface area contributed by atoms with Crippen molar-refractivity contribution in [1.82, 2.24) is 4.98 Å². The van der Waals surface area contributed by atoms with Crippen molar-refractivity contribution < 1.29 is 9.84 Å². The van der Waals surface area contributed by atoms with Crippen LogP contribution in [0.25, 0.3) is 0 Å². The lowest BCUT2D eigenvalue weighted by atomic mass is 10.1. The Morgan fingerprint density at radius 3 is 2.33 bits per heavy atom. The number of benzene rings is 1. The number of ether oxygens (including phenoxy) is 1. The van der Waals surface area contributed by atoms with Gasteiger partial charge in [-0.3, -0.25) is 0 Å². The van der Waals surface area contributed by atoms with Crippen molar-refractivity contribution in [3.05, 3.63) is 44.9 Å². The van der Waals surface area contributed by atoms with Crippen LogP contribution in [-0.2, 0) is 18.6 Å². The van der Waals surface area contributed by atoms with Gasteiger partial charge in [-0.15, -0.1) is 11.3 Å². The fraction of sp³-hybridized carbons (Fsp3) is 0.471. The molecule has 0 aliphatic heterocycles. The fourth-order valence-corrected chi connectivity index (χ4v) is 3.41. The number of para-hydroxylation sites is 1. The number of aromatic nitrogens is 1. The lowest BCUT2D eigenvalue weighted by molar-refractivity contribution is 0.0814. The number of aryl methyl sites for hydroxylation is 3. The van der Waals surface area contributed by atoms with Gasteiger partial charge in [-0.05, 0) is 45.2 Å². The van der Waals surface area contributed by atoms with Crippen LogP contribution in [0, 0.1) is 13.8 Å². The van der Waals surface area contributed by atoms with Crippen LogP contribution in [0.5, 0.6) is 5.75 Å². The van der Waals surface area contributed by atoms with Gasteiger partial charge in [-0.2, -0.15) is 0 Å². The summed E-state index contributed by atoms with van der Waals surface area (Å²) < 4.78 is 5.95. The van der Waals surface area contributed by atoms with Gasteiger partial charge in [-0.25, -0.2) is 4.98 Å². The van der Waals surface area contributed by atoms with E-state index < -0.39 is 5.60 Å². The van der Waals surface area contributed by atoms with E-state index in [-0.39, 0.29) is 0 Å². The summed E-state index contributed by atoms with van der Waals surface area (Å²) in [5.41, 5.74) is 2.38. The van der Waals surface area contributed by atoms with E-state index in [1.54, 1.807) is 13.8 Å². The molecule has 1 aromatic heterocycles. The highest BCUT2D eigenvalue weighted by molar-refractivity contribution is 7.11. The molecule has 2 aromatic rings. The minimum atomic E-state index is -0.847. The summed E-state index contributed by atoms with van der Waals surface area (Å²) in [4.78, 5) is 5.54. The Morgan fingerprint density at radius 1 is 1.24 bits per heavy atom. The molecule has 0 amide bonds. The summed E-state index contributed by atoms with van der Waals surface area (Å²) >= 11 is 1.54. The van der Waals surface area contributed by atoms with Crippen LogP contribution in [0.1, 0.15) is 47.5 Å². The fourth-order valence-electron chi connectivity index (χ4n) is 2.34. The van der Waals surface area contributed by atoms with Crippen molar-refractivity contribution in [2.75, 3.05) is 0 Å². The summed E-state index contributed by atoms with van der Waals surface area (Å²) in [6.07, 6.45) is 0.819. The van der Waals surface area contributed by atoms with Crippen LogP contribution in [-0.4, -0.2) is 10.1 Å². The van der Waals surface area contributed by atoms with E-state index in [4.69, 9.17) is 4.74 Å². The van der Waals surface area contributed by atoms with Gasteiger partial charge in [-0.1, -0.05) is 25.1 Å². The highest BCUT2D eigenvalue weighted by atomic mass is 32.1. The Hall–Kier alpha value is -1.39. The van der Waals surface area contributed by atoms with Crippen molar-refractivity contribution in [2.24, 2.45) is 0 Å².